The van der Waals surface area contributed by atoms with Crippen molar-refractivity contribution in [2.75, 3.05) is 12.3 Å². The lowest BCUT2D eigenvalue weighted by Gasteiger charge is -2.44. The van der Waals surface area contributed by atoms with Crippen LogP contribution in [0.4, 0.5) is 10.6 Å². The summed E-state index contributed by atoms with van der Waals surface area (Å²) in [4.78, 5) is 44.1. The van der Waals surface area contributed by atoms with Gasteiger partial charge in [0.2, 0.25) is 5.91 Å². The number of hydrogen-bond acceptors (Lipinski definition) is 6. The predicted octanol–water partition coefficient (Wildman–Crippen LogP) is 3.10. The Bertz CT molecular complexity index is 1130. The maximum atomic E-state index is 13.3. The second-order valence-corrected chi connectivity index (χ2v) is 8.01. The number of nitrogen functional groups attached to an aromatic ring is 1. The highest BCUT2D eigenvalue weighted by molar-refractivity contribution is 6.08. The van der Waals surface area contributed by atoms with E-state index in [9.17, 15) is 14.4 Å². The zero-order chi connectivity index (χ0) is 24.1. The highest BCUT2D eigenvalue weighted by Gasteiger charge is 2.55. The average Bonchev–Trinajstić information content (AvgIpc) is 2.85. The Labute approximate surface area is 197 Å². The van der Waals surface area contributed by atoms with Crippen LogP contribution in [-0.4, -0.2) is 40.4 Å². The van der Waals surface area contributed by atoms with E-state index in [1.54, 1.807) is 25.3 Å². The van der Waals surface area contributed by atoms with Crippen LogP contribution in [0.2, 0.25) is 0 Å². The zero-order valence-electron chi connectivity index (χ0n) is 18.8. The van der Waals surface area contributed by atoms with Crippen molar-refractivity contribution >= 4 is 23.7 Å². The minimum Gasteiger partial charge on any atom is -0.464 e. The summed E-state index contributed by atoms with van der Waals surface area (Å²) in [6, 6.07) is 20.1. The van der Waals surface area contributed by atoms with Crippen LogP contribution in [0.25, 0.3) is 0 Å². The molecule has 1 aromatic heterocycles. The molecule has 174 valence electrons. The molecule has 0 spiro atoms. The molecule has 0 saturated carbocycles. The Morgan fingerprint density at radius 1 is 1.06 bits per heavy atom. The molecule has 0 bridgehead atoms. The van der Waals surface area contributed by atoms with Gasteiger partial charge in [0.1, 0.15) is 5.82 Å². The molecule has 0 unspecified atom stereocenters. The van der Waals surface area contributed by atoms with Gasteiger partial charge >= 0.3 is 12.0 Å². The van der Waals surface area contributed by atoms with E-state index in [1.165, 1.54) is 0 Å². The maximum absolute atomic E-state index is 13.3. The highest BCUT2D eigenvalue weighted by atomic mass is 16.5. The van der Waals surface area contributed by atoms with Gasteiger partial charge in [0.05, 0.1) is 18.6 Å². The number of anilines is 1. The first-order chi connectivity index (χ1) is 16.5. The number of carbonyl (C=O) groups is 3. The first-order valence-electron chi connectivity index (χ1n) is 11.1. The molecule has 0 aliphatic carbocycles. The number of aromatic nitrogens is 1. The Kier molecular flexibility index (Phi) is 6.87. The van der Waals surface area contributed by atoms with E-state index in [-0.39, 0.29) is 13.0 Å². The molecule has 8 nitrogen and oxygen atoms in total. The second-order valence-electron chi connectivity index (χ2n) is 8.01. The lowest BCUT2D eigenvalue weighted by atomic mass is 9.82. The summed E-state index contributed by atoms with van der Waals surface area (Å²) < 4.78 is 5.19. The maximum Gasteiger partial charge on any atom is 0.330 e. The SMILES string of the molecule is CCOC(=O)[C@@H]1[C@@H](Cc2ccnc(N)c2)C(=O)N1C(=O)NC(c1ccccc1)c1ccccc1. The molecule has 1 saturated heterocycles. The number of pyridine rings is 1. The van der Waals surface area contributed by atoms with Crippen molar-refractivity contribution in [2.24, 2.45) is 5.92 Å². The summed E-state index contributed by atoms with van der Waals surface area (Å²) in [5, 5.41) is 2.93. The van der Waals surface area contributed by atoms with Crippen LogP contribution in [0.5, 0.6) is 0 Å². The number of nitrogens with zero attached hydrogens (tertiary/aromatic N) is 2. The molecule has 2 aromatic carbocycles. The van der Waals surface area contributed by atoms with Crippen molar-refractivity contribution in [1.82, 2.24) is 15.2 Å². The van der Waals surface area contributed by atoms with E-state index in [0.717, 1.165) is 21.6 Å². The van der Waals surface area contributed by atoms with Crippen LogP contribution < -0.4 is 11.1 Å². The van der Waals surface area contributed by atoms with Gasteiger partial charge in [-0.1, -0.05) is 60.7 Å². The van der Waals surface area contributed by atoms with Crippen LogP contribution in [0, 0.1) is 5.92 Å². The van der Waals surface area contributed by atoms with Crippen LogP contribution in [0.3, 0.4) is 0 Å². The Balaban J connectivity index is 1.58. The smallest absolute Gasteiger partial charge is 0.330 e. The van der Waals surface area contributed by atoms with E-state index >= 15 is 0 Å². The van der Waals surface area contributed by atoms with Crippen molar-refractivity contribution in [2.45, 2.75) is 25.4 Å². The number of urea groups is 1. The number of imide groups is 1. The summed E-state index contributed by atoms with van der Waals surface area (Å²) in [5.41, 5.74) is 8.21. The van der Waals surface area contributed by atoms with Crippen molar-refractivity contribution < 1.29 is 19.1 Å². The molecule has 3 aromatic rings. The standard InChI is InChI=1S/C26H26N4O4/c1-2-34-25(32)23-20(15-17-13-14-28-21(27)16-17)24(31)30(23)26(33)29-22(18-9-5-3-6-10-18)19-11-7-4-8-12-19/h3-14,16,20,22-23H,2,15H2,1H3,(H2,27,28)(H,29,33)/t20-,23+/m1/s1. The van der Waals surface area contributed by atoms with Gasteiger partial charge in [-0.25, -0.2) is 19.5 Å². The number of amides is 3. The number of carbonyl (C=O) groups excluding carboxylic acids is 3. The fourth-order valence-electron chi connectivity index (χ4n) is 4.19. The van der Waals surface area contributed by atoms with Gasteiger partial charge in [0.15, 0.2) is 6.04 Å². The highest BCUT2D eigenvalue weighted by Crippen LogP contribution is 2.32. The molecule has 8 heteroatoms. The summed E-state index contributed by atoms with van der Waals surface area (Å²) in [7, 11) is 0. The van der Waals surface area contributed by atoms with Crippen molar-refractivity contribution in [1.29, 1.82) is 0 Å². The topological polar surface area (TPSA) is 115 Å². The molecule has 2 atom stereocenters. The Hall–Kier alpha value is -4.20. The van der Waals surface area contributed by atoms with Gasteiger partial charge in [-0.3, -0.25) is 4.79 Å². The third-order valence-corrected chi connectivity index (χ3v) is 5.80. The number of benzene rings is 2. The second kappa shape index (κ2) is 10.2. The molecule has 1 aliphatic heterocycles. The third-order valence-electron chi connectivity index (χ3n) is 5.80. The number of likely N-dealkylation sites (tertiary alicyclic amines) is 1. The molecule has 2 heterocycles. The fraction of sp³-hybridized carbons (Fsp3) is 0.231. The molecule has 3 amide bonds. The van der Waals surface area contributed by atoms with Crippen molar-refractivity contribution in [3.63, 3.8) is 0 Å². The van der Waals surface area contributed by atoms with Crippen LogP contribution in [0.15, 0.2) is 79.0 Å². The molecule has 4 rings (SSSR count). The third kappa shape index (κ3) is 4.76. The fourth-order valence-corrected chi connectivity index (χ4v) is 4.19. The van der Waals surface area contributed by atoms with E-state index in [0.29, 0.717) is 5.82 Å². The molecule has 34 heavy (non-hydrogen) atoms. The zero-order valence-corrected chi connectivity index (χ0v) is 18.8. The minimum atomic E-state index is -1.02. The Morgan fingerprint density at radius 2 is 1.68 bits per heavy atom. The molecule has 3 N–H and O–H groups in total. The summed E-state index contributed by atoms with van der Waals surface area (Å²) in [6.07, 6.45) is 1.79. The van der Waals surface area contributed by atoms with E-state index in [2.05, 4.69) is 10.3 Å². The number of nitrogens with one attached hydrogen (secondary N) is 1. The van der Waals surface area contributed by atoms with Gasteiger partial charge < -0.3 is 15.8 Å². The summed E-state index contributed by atoms with van der Waals surface area (Å²) in [6.45, 7) is 1.83. The lowest BCUT2D eigenvalue weighted by Crippen LogP contribution is -2.69. The normalized spacial score (nSPS) is 17.2. The molecular weight excluding hydrogens is 432 g/mol. The number of ether oxygens (including phenoxy) is 1. The monoisotopic (exact) mass is 458 g/mol. The van der Waals surface area contributed by atoms with Crippen molar-refractivity contribution in [3.05, 3.63) is 95.7 Å². The summed E-state index contributed by atoms with van der Waals surface area (Å²) >= 11 is 0. The van der Waals surface area contributed by atoms with Gasteiger partial charge in [0.25, 0.3) is 0 Å². The van der Waals surface area contributed by atoms with Crippen LogP contribution in [0.1, 0.15) is 29.7 Å². The van der Waals surface area contributed by atoms with E-state index in [1.807, 2.05) is 60.7 Å². The lowest BCUT2D eigenvalue weighted by molar-refractivity contribution is -0.169. The first-order valence-corrected chi connectivity index (χ1v) is 11.1. The minimum absolute atomic E-state index is 0.143. The molecule has 0 radical (unpaired) electrons. The van der Waals surface area contributed by atoms with Gasteiger partial charge in [-0.15, -0.1) is 0 Å². The number of hydrogen-bond donors (Lipinski definition) is 2. The number of esters is 1. The number of β-lactam (4-membered cyclic amide) rings is 1. The molecule has 1 aliphatic rings. The quantitative estimate of drug-likeness (QED) is 0.415. The largest absolute Gasteiger partial charge is 0.464 e. The number of nitrogens with two attached hydrogens (primary N) is 1. The van der Waals surface area contributed by atoms with E-state index in [4.69, 9.17) is 10.5 Å². The number of rotatable bonds is 7. The molecule has 1 fully saturated rings. The van der Waals surface area contributed by atoms with Gasteiger partial charge in [-0.2, -0.15) is 0 Å². The predicted molar refractivity (Wildman–Crippen MR) is 126 cm³/mol. The first kappa shape index (κ1) is 23.0. The molecular formula is C26H26N4O4. The van der Waals surface area contributed by atoms with Gasteiger partial charge in [-0.05, 0) is 42.2 Å². The summed E-state index contributed by atoms with van der Waals surface area (Å²) in [5.74, 6) is -1.45. The van der Waals surface area contributed by atoms with Crippen LogP contribution in [-0.2, 0) is 20.7 Å². The van der Waals surface area contributed by atoms with E-state index < -0.39 is 35.9 Å². The van der Waals surface area contributed by atoms with Crippen molar-refractivity contribution in [3.8, 4) is 0 Å². The van der Waals surface area contributed by atoms with Crippen LogP contribution >= 0.6 is 0 Å². The van der Waals surface area contributed by atoms with Gasteiger partial charge in [0, 0.05) is 6.20 Å². The Morgan fingerprint density at radius 3 is 2.24 bits per heavy atom. The average molecular weight is 459 g/mol.